The number of nitrogens with one attached hydrogen (secondary N) is 2. The first-order valence-corrected chi connectivity index (χ1v) is 11.8. The molecule has 2 saturated carbocycles. The van der Waals surface area contributed by atoms with Crippen LogP contribution in [0.3, 0.4) is 0 Å². The highest BCUT2D eigenvalue weighted by molar-refractivity contribution is 5.95. The third-order valence-electron chi connectivity index (χ3n) is 7.07. The molecule has 3 N–H and O–H groups in total. The van der Waals surface area contributed by atoms with Crippen molar-refractivity contribution >= 4 is 23.5 Å². The molecule has 0 bridgehead atoms. The van der Waals surface area contributed by atoms with Gasteiger partial charge in [-0.3, -0.25) is 9.59 Å². The quantitative estimate of drug-likeness (QED) is 0.573. The molecule has 174 valence electrons. The first-order chi connectivity index (χ1) is 15.7. The Kier molecular flexibility index (Phi) is 6.54. The van der Waals surface area contributed by atoms with Crippen molar-refractivity contribution in [3.63, 3.8) is 0 Å². The van der Waals surface area contributed by atoms with Gasteiger partial charge in [-0.05, 0) is 81.0 Å². The van der Waals surface area contributed by atoms with Gasteiger partial charge in [-0.2, -0.15) is 0 Å². The highest BCUT2D eigenvalue weighted by Gasteiger charge is 2.43. The summed E-state index contributed by atoms with van der Waals surface area (Å²) in [5.41, 5.74) is 2.00. The zero-order valence-electron chi connectivity index (χ0n) is 19.2. The monoisotopic (exact) mass is 448 g/mol. The standard InChI is InChI=1S/C27H32N2O4/c1-27(2,26(32)33)29-24(30)20-10-8-17(9-11-20)18-12-14-21(15-13-18)28-25(31)23-16-22(23)19-6-4-3-5-7-19/h3-7,12-15,17,20,22-23H,8-11,16H2,1-2H3,(H,28,31)(H,29,30)(H,32,33)/t17-,20+,22-,23-/m0/s1. The maximum atomic E-state index is 12.6. The van der Waals surface area contributed by atoms with Gasteiger partial charge in [-0.1, -0.05) is 42.5 Å². The van der Waals surface area contributed by atoms with E-state index >= 15 is 0 Å². The van der Waals surface area contributed by atoms with Crippen molar-refractivity contribution in [3.05, 3.63) is 65.7 Å². The lowest BCUT2D eigenvalue weighted by molar-refractivity contribution is -0.146. The van der Waals surface area contributed by atoms with E-state index in [1.165, 1.54) is 25.0 Å². The Labute approximate surface area is 194 Å². The van der Waals surface area contributed by atoms with E-state index < -0.39 is 11.5 Å². The third kappa shape index (κ3) is 5.44. The molecule has 0 saturated heterocycles. The van der Waals surface area contributed by atoms with Gasteiger partial charge in [0.05, 0.1) is 0 Å². The van der Waals surface area contributed by atoms with Gasteiger partial charge in [0.15, 0.2) is 0 Å². The van der Waals surface area contributed by atoms with E-state index in [-0.39, 0.29) is 23.7 Å². The number of aliphatic carboxylic acids is 1. The van der Waals surface area contributed by atoms with Crippen LogP contribution in [-0.4, -0.2) is 28.4 Å². The summed E-state index contributed by atoms with van der Waals surface area (Å²) in [6.45, 7) is 3.01. The molecule has 0 unspecified atom stereocenters. The van der Waals surface area contributed by atoms with Crippen molar-refractivity contribution in [2.24, 2.45) is 11.8 Å². The van der Waals surface area contributed by atoms with Gasteiger partial charge in [-0.25, -0.2) is 4.79 Å². The van der Waals surface area contributed by atoms with Gasteiger partial charge in [0.25, 0.3) is 0 Å². The van der Waals surface area contributed by atoms with Crippen LogP contribution in [0.2, 0.25) is 0 Å². The third-order valence-corrected chi connectivity index (χ3v) is 7.07. The largest absolute Gasteiger partial charge is 0.480 e. The van der Waals surface area contributed by atoms with E-state index in [0.29, 0.717) is 11.8 Å². The molecule has 0 aliphatic heterocycles. The maximum absolute atomic E-state index is 12.6. The fourth-order valence-corrected chi connectivity index (χ4v) is 4.78. The molecule has 2 aliphatic carbocycles. The average Bonchev–Trinajstić information content (AvgIpc) is 3.61. The number of anilines is 1. The molecule has 0 aromatic heterocycles. The Morgan fingerprint density at radius 2 is 1.48 bits per heavy atom. The summed E-state index contributed by atoms with van der Waals surface area (Å²) in [6, 6.07) is 18.2. The molecule has 6 heteroatoms. The fourth-order valence-electron chi connectivity index (χ4n) is 4.78. The number of carboxylic acids is 1. The smallest absolute Gasteiger partial charge is 0.328 e. The van der Waals surface area contributed by atoms with Crippen LogP contribution in [0.1, 0.15) is 68.9 Å². The van der Waals surface area contributed by atoms with Gasteiger partial charge >= 0.3 is 5.97 Å². The molecular formula is C27H32N2O4. The number of hydrogen-bond donors (Lipinski definition) is 3. The molecule has 0 radical (unpaired) electrons. The summed E-state index contributed by atoms with van der Waals surface area (Å²) in [5, 5.41) is 14.9. The van der Waals surface area contributed by atoms with Crippen LogP contribution < -0.4 is 10.6 Å². The normalized spacial score (nSPS) is 24.5. The summed E-state index contributed by atoms with van der Waals surface area (Å²) in [6.07, 6.45) is 4.16. The SMILES string of the molecule is CC(C)(NC(=O)[C@H]1CC[C@@H](c2ccc(NC(=O)[C@H]3C[C@H]3c3ccccc3)cc2)CC1)C(=O)O. The Balaban J connectivity index is 1.26. The molecule has 33 heavy (non-hydrogen) atoms. The van der Waals surface area contributed by atoms with Gasteiger partial charge in [0.2, 0.25) is 11.8 Å². The van der Waals surface area contributed by atoms with Crippen LogP contribution in [0.25, 0.3) is 0 Å². The molecular weight excluding hydrogens is 416 g/mol. The maximum Gasteiger partial charge on any atom is 0.328 e. The summed E-state index contributed by atoms with van der Waals surface area (Å²) < 4.78 is 0. The molecule has 4 rings (SSSR count). The second kappa shape index (κ2) is 9.38. The lowest BCUT2D eigenvalue weighted by Gasteiger charge is -2.30. The minimum atomic E-state index is -1.25. The van der Waals surface area contributed by atoms with E-state index in [1.807, 2.05) is 30.3 Å². The van der Waals surface area contributed by atoms with Crippen molar-refractivity contribution in [2.45, 2.75) is 63.3 Å². The lowest BCUT2D eigenvalue weighted by atomic mass is 9.78. The molecule has 0 heterocycles. The zero-order valence-corrected chi connectivity index (χ0v) is 19.2. The van der Waals surface area contributed by atoms with Crippen LogP contribution in [0, 0.1) is 11.8 Å². The van der Waals surface area contributed by atoms with Gasteiger partial charge in [-0.15, -0.1) is 0 Å². The Morgan fingerprint density at radius 1 is 0.848 bits per heavy atom. The minimum absolute atomic E-state index is 0.0413. The molecule has 2 aliphatic rings. The van der Waals surface area contributed by atoms with Crippen molar-refractivity contribution in [2.75, 3.05) is 5.32 Å². The highest BCUT2D eigenvalue weighted by atomic mass is 16.4. The first kappa shape index (κ1) is 23.0. The van der Waals surface area contributed by atoms with Crippen LogP contribution in [0.5, 0.6) is 0 Å². The van der Waals surface area contributed by atoms with Crippen LogP contribution in [0.4, 0.5) is 5.69 Å². The van der Waals surface area contributed by atoms with Crippen molar-refractivity contribution < 1.29 is 19.5 Å². The second-order valence-electron chi connectivity index (χ2n) is 9.94. The van der Waals surface area contributed by atoms with Crippen molar-refractivity contribution in [1.29, 1.82) is 0 Å². The minimum Gasteiger partial charge on any atom is -0.480 e. The molecule has 2 atom stereocenters. The number of hydrogen-bond acceptors (Lipinski definition) is 3. The van der Waals surface area contributed by atoms with E-state index in [2.05, 4.69) is 34.9 Å². The summed E-state index contributed by atoms with van der Waals surface area (Å²) in [5.74, 6) is -0.542. The topological polar surface area (TPSA) is 95.5 Å². The van der Waals surface area contributed by atoms with E-state index in [1.54, 1.807) is 0 Å². The summed E-state index contributed by atoms with van der Waals surface area (Å²) in [4.78, 5) is 36.3. The van der Waals surface area contributed by atoms with Gasteiger partial charge < -0.3 is 15.7 Å². The fraction of sp³-hybridized carbons (Fsp3) is 0.444. The van der Waals surface area contributed by atoms with E-state index in [9.17, 15) is 19.5 Å². The van der Waals surface area contributed by atoms with E-state index in [0.717, 1.165) is 37.8 Å². The molecule has 2 fully saturated rings. The van der Waals surface area contributed by atoms with Gasteiger partial charge in [0.1, 0.15) is 5.54 Å². The van der Waals surface area contributed by atoms with E-state index in [4.69, 9.17) is 0 Å². The number of carbonyl (C=O) groups excluding carboxylic acids is 2. The number of carboxylic acid groups (broad SMARTS) is 1. The Morgan fingerprint density at radius 3 is 2.09 bits per heavy atom. The average molecular weight is 449 g/mol. The van der Waals surface area contributed by atoms with Crippen molar-refractivity contribution in [3.8, 4) is 0 Å². The molecule has 2 amide bonds. The summed E-state index contributed by atoms with van der Waals surface area (Å²) >= 11 is 0. The Bertz CT molecular complexity index is 1010. The number of carbonyl (C=O) groups is 3. The van der Waals surface area contributed by atoms with Crippen LogP contribution >= 0.6 is 0 Å². The first-order valence-electron chi connectivity index (χ1n) is 11.8. The molecule has 0 spiro atoms. The highest BCUT2D eigenvalue weighted by Crippen LogP contribution is 2.48. The summed E-state index contributed by atoms with van der Waals surface area (Å²) in [7, 11) is 0. The molecule has 2 aromatic rings. The number of benzene rings is 2. The van der Waals surface area contributed by atoms with Crippen LogP contribution in [-0.2, 0) is 14.4 Å². The number of rotatable bonds is 7. The second-order valence-corrected chi connectivity index (χ2v) is 9.94. The molecule has 6 nitrogen and oxygen atoms in total. The molecule has 2 aromatic carbocycles. The zero-order chi connectivity index (χ0) is 23.6. The predicted octanol–water partition coefficient (Wildman–Crippen LogP) is 4.68. The van der Waals surface area contributed by atoms with Crippen molar-refractivity contribution in [1.82, 2.24) is 5.32 Å². The Hall–Kier alpha value is -3.15. The lowest BCUT2D eigenvalue weighted by Crippen LogP contribution is -2.51. The van der Waals surface area contributed by atoms with Gasteiger partial charge in [0, 0.05) is 17.5 Å². The number of amides is 2. The van der Waals surface area contributed by atoms with Crippen LogP contribution in [0.15, 0.2) is 54.6 Å². The predicted molar refractivity (Wildman–Crippen MR) is 127 cm³/mol.